The predicted octanol–water partition coefficient (Wildman–Crippen LogP) is 4.02. The molecule has 3 aromatic rings. The summed E-state index contributed by atoms with van der Waals surface area (Å²) in [5.74, 6) is -1.60. The summed E-state index contributed by atoms with van der Waals surface area (Å²) in [5.41, 5.74) is 1.51. The average molecular weight is 492 g/mol. The number of furan rings is 1. The largest absolute Gasteiger partial charge is 0.459 e. The van der Waals surface area contributed by atoms with Gasteiger partial charge < -0.3 is 20.0 Å². The van der Waals surface area contributed by atoms with Crippen molar-refractivity contribution in [2.24, 2.45) is 0 Å². The van der Waals surface area contributed by atoms with Gasteiger partial charge in [0.25, 0.3) is 5.91 Å². The summed E-state index contributed by atoms with van der Waals surface area (Å²) < 4.78 is 18.8. The molecule has 0 saturated heterocycles. The minimum absolute atomic E-state index is 0.0465. The highest BCUT2D eigenvalue weighted by molar-refractivity contribution is 5.95. The van der Waals surface area contributed by atoms with Gasteiger partial charge in [-0.25, -0.2) is 4.39 Å². The van der Waals surface area contributed by atoms with Gasteiger partial charge in [-0.1, -0.05) is 55.3 Å². The maximum Gasteiger partial charge on any atom is 0.287 e. The molecule has 1 aliphatic rings. The van der Waals surface area contributed by atoms with Crippen molar-refractivity contribution in [2.75, 3.05) is 13.1 Å². The second kappa shape index (κ2) is 12.2. The molecule has 2 aromatic carbocycles. The number of hydrogen-bond donors (Lipinski definition) is 2. The highest BCUT2D eigenvalue weighted by Gasteiger charge is 2.33. The molecule has 1 unspecified atom stereocenters. The van der Waals surface area contributed by atoms with Gasteiger partial charge in [0.05, 0.1) is 12.8 Å². The van der Waals surface area contributed by atoms with Crippen molar-refractivity contribution in [1.29, 1.82) is 0 Å². The van der Waals surface area contributed by atoms with E-state index in [0.717, 1.165) is 31.2 Å². The SMILES string of the molecule is O=C(NCC(=O)N(CCc1ccccc1)C(C(=O)NC1CCCC1)c1ccc(F)cc1)c1ccco1. The number of halogens is 1. The first kappa shape index (κ1) is 25.2. The minimum atomic E-state index is -0.970. The summed E-state index contributed by atoms with van der Waals surface area (Å²) in [5, 5.41) is 5.66. The quantitative estimate of drug-likeness (QED) is 0.448. The van der Waals surface area contributed by atoms with Crippen LogP contribution in [0.15, 0.2) is 77.4 Å². The van der Waals surface area contributed by atoms with Crippen molar-refractivity contribution in [3.63, 3.8) is 0 Å². The Balaban J connectivity index is 1.59. The standard InChI is InChI=1S/C28H30FN3O4/c29-22-14-12-21(13-15-22)26(28(35)31-23-9-4-5-10-23)32(17-16-20-7-2-1-3-8-20)25(33)19-30-27(34)24-11-6-18-36-24/h1-3,6-8,11-15,18,23,26H,4-5,9-10,16-17,19H2,(H,30,34)(H,31,35). The minimum Gasteiger partial charge on any atom is -0.459 e. The van der Waals surface area contributed by atoms with Crippen LogP contribution in [-0.4, -0.2) is 41.8 Å². The molecule has 0 bridgehead atoms. The number of amides is 3. The van der Waals surface area contributed by atoms with E-state index in [1.807, 2.05) is 30.3 Å². The van der Waals surface area contributed by atoms with Gasteiger partial charge in [-0.3, -0.25) is 14.4 Å². The van der Waals surface area contributed by atoms with E-state index in [1.165, 1.54) is 41.5 Å². The molecule has 1 fully saturated rings. The number of carbonyl (C=O) groups is 3. The van der Waals surface area contributed by atoms with E-state index >= 15 is 0 Å². The lowest BCUT2D eigenvalue weighted by atomic mass is 10.0. The molecule has 1 heterocycles. The fourth-order valence-corrected chi connectivity index (χ4v) is 4.51. The summed E-state index contributed by atoms with van der Waals surface area (Å²) >= 11 is 0. The van der Waals surface area contributed by atoms with Crippen molar-refractivity contribution in [1.82, 2.24) is 15.5 Å². The van der Waals surface area contributed by atoms with Crippen LogP contribution >= 0.6 is 0 Å². The summed E-state index contributed by atoms with van der Waals surface area (Å²) in [6.45, 7) is -0.0810. The van der Waals surface area contributed by atoms with Crippen LogP contribution in [0, 0.1) is 5.82 Å². The average Bonchev–Trinajstić information content (AvgIpc) is 3.61. The Hall–Kier alpha value is -3.94. The van der Waals surface area contributed by atoms with Crippen LogP contribution in [0.5, 0.6) is 0 Å². The number of carbonyl (C=O) groups excluding carboxylic acids is 3. The summed E-state index contributed by atoms with van der Waals surface area (Å²) in [7, 11) is 0. The van der Waals surface area contributed by atoms with Gasteiger partial charge in [-0.05, 0) is 54.7 Å². The number of rotatable bonds is 10. The maximum atomic E-state index is 13.7. The molecule has 0 aliphatic heterocycles. The molecule has 1 atom stereocenters. The van der Waals surface area contributed by atoms with Gasteiger partial charge >= 0.3 is 0 Å². The summed E-state index contributed by atoms with van der Waals surface area (Å²) in [6.07, 6.45) is 5.75. The second-order valence-corrected chi connectivity index (χ2v) is 8.93. The van der Waals surface area contributed by atoms with Gasteiger partial charge in [0.15, 0.2) is 5.76 Å². The zero-order valence-electron chi connectivity index (χ0n) is 20.0. The molecule has 8 heteroatoms. The third-order valence-electron chi connectivity index (χ3n) is 6.40. The zero-order valence-corrected chi connectivity index (χ0v) is 20.0. The smallest absolute Gasteiger partial charge is 0.287 e. The van der Waals surface area contributed by atoms with Crippen LogP contribution in [0.4, 0.5) is 4.39 Å². The normalized spacial score (nSPS) is 14.2. The number of nitrogens with one attached hydrogen (secondary N) is 2. The molecule has 7 nitrogen and oxygen atoms in total. The van der Waals surface area contributed by atoms with Gasteiger partial charge in [-0.15, -0.1) is 0 Å². The fraction of sp³-hybridized carbons (Fsp3) is 0.321. The van der Waals surface area contributed by atoms with Gasteiger partial charge in [-0.2, -0.15) is 0 Å². The lowest BCUT2D eigenvalue weighted by molar-refractivity contribution is -0.140. The van der Waals surface area contributed by atoms with E-state index in [1.54, 1.807) is 6.07 Å². The molecule has 0 radical (unpaired) electrons. The molecular weight excluding hydrogens is 461 g/mol. The Labute approximate surface area is 209 Å². The van der Waals surface area contributed by atoms with Crippen LogP contribution in [0.3, 0.4) is 0 Å². The molecule has 1 aromatic heterocycles. The van der Waals surface area contributed by atoms with E-state index < -0.39 is 23.7 Å². The number of hydrogen-bond acceptors (Lipinski definition) is 4. The van der Waals surface area contributed by atoms with E-state index in [-0.39, 0.29) is 30.8 Å². The maximum absolute atomic E-state index is 13.7. The monoisotopic (exact) mass is 491 g/mol. The Morgan fingerprint density at radius 2 is 1.69 bits per heavy atom. The van der Waals surface area contributed by atoms with E-state index in [9.17, 15) is 18.8 Å². The Morgan fingerprint density at radius 1 is 0.972 bits per heavy atom. The Morgan fingerprint density at radius 3 is 2.36 bits per heavy atom. The molecule has 1 aliphatic carbocycles. The lowest BCUT2D eigenvalue weighted by Gasteiger charge is -2.32. The van der Waals surface area contributed by atoms with Gasteiger partial charge in [0, 0.05) is 12.6 Å². The molecular formula is C28H30FN3O4. The topological polar surface area (TPSA) is 91.7 Å². The van der Waals surface area contributed by atoms with Crippen molar-refractivity contribution in [3.05, 3.63) is 95.7 Å². The Bertz CT molecular complexity index is 1140. The first-order chi connectivity index (χ1) is 17.5. The molecule has 2 N–H and O–H groups in total. The molecule has 36 heavy (non-hydrogen) atoms. The van der Waals surface area contributed by atoms with Gasteiger partial charge in [0.1, 0.15) is 11.9 Å². The molecule has 4 rings (SSSR count). The lowest BCUT2D eigenvalue weighted by Crippen LogP contribution is -2.49. The zero-order chi connectivity index (χ0) is 25.3. The highest BCUT2D eigenvalue weighted by Crippen LogP contribution is 2.25. The van der Waals surface area contributed by atoms with Crippen LogP contribution in [0.2, 0.25) is 0 Å². The molecule has 1 saturated carbocycles. The van der Waals surface area contributed by atoms with Gasteiger partial charge in [0.2, 0.25) is 11.8 Å². The third kappa shape index (κ3) is 6.59. The van der Waals surface area contributed by atoms with E-state index in [2.05, 4.69) is 10.6 Å². The van der Waals surface area contributed by atoms with Crippen LogP contribution < -0.4 is 10.6 Å². The van der Waals surface area contributed by atoms with Crippen molar-refractivity contribution in [2.45, 2.75) is 44.2 Å². The highest BCUT2D eigenvalue weighted by atomic mass is 19.1. The van der Waals surface area contributed by atoms with Crippen LogP contribution in [0.1, 0.15) is 53.4 Å². The number of nitrogens with zero attached hydrogens (tertiary/aromatic N) is 1. The molecule has 0 spiro atoms. The van der Waals surface area contributed by atoms with E-state index in [4.69, 9.17) is 4.42 Å². The molecule has 3 amide bonds. The van der Waals surface area contributed by atoms with Crippen molar-refractivity contribution in [3.8, 4) is 0 Å². The predicted molar refractivity (Wildman–Crippen MR) is 132 cm³/mol. The van der Waals surface area contributed by atoms with Crippen LogP contribution in [-0.2, 0) is 16.0 Å². The number of benzene rings is 2. The van der Waals surface area contributed by atoms with Crippen molar-refractivity contribution < 1.29 is 23.2 Å². The molecule has 188 valence electrons. The fourth-order valence-electron chi connectivity index (χ4n) is 4.51. The first-order valence-corrected chi connectivity index (χ1v) is 12.2. The van der Waals surface area contributed by atoms with Crippen molar-refractivity contribution >= 4 is 17.7 Å². The summed E-state index contributed by atoms with van der Waals surface area (Å²) in [4.78, 5) is 40.9. The Kier molecular flexibility index (Phi) is 8.49. The van der Waals surface area contributed by atoms with E-state index in [0.29, 0.717) is 12.0 Å². The van der Waals surface area contributed by atoms with Crippen LogP contribution in [0.25, 0.3) is 0 Å². The summed E-state index contributed by atoms with van der Waals surface area (Å²) in [6, 6.07) is 17.4. The first-order valence-electron chi connectivity index (χ1n) is 12.2. The third-order valence-corrected chi connectivity index (χ3v) is 6.40. The second-order valence-electron chi connectivity index (χ2n) is 8.93.